The number of esters is 1. The molecule has 0 aromatic rings. The normalized spacial score (nSPS) is 48.5. The summed E-state index contributed by atoms with van der Waals surface area (Å²) in [5.74, 6) is -4.76. The molecule has 0 aromatic heterocycles. The van der Waals surface area contributed by atoms with Crippen LogP contribution in [0.1, 0.15) is 94.9 Å². The van der Waals surface area contributed by atoms with E-state index in [-0.39, 0.29) is 31.5 Å². The molecule has 3 rings (SSSR count). The van der Waals surface area contributed by atoms with Crippen molar-refractivity contribution in [2.75, 3.05) is 28.3 Å². The lowest BCUT2D eigenvalue weighted by Crippen LogP contribution is -2.63. The van der Waals surface area contributed by atoms with Crippen molar-refractivity contribution in [1.29, 1.82) is 0 Å². The summed E-state index contributed by atoms with van der Waals surface area (Å²) in [6.07, 6.45) is -10.1. The van der Waals surface area contributed by atoms with Gasteiger partial charge in [0, 0.05) is 44.8 Å². The molecular formula is C38H69NO14. The lowest BCUT2D eigenvalue weighted by atomic mass is 9.74. The molecule has 0 aliphatic carbocycles. The lowest BCUT2D eigenvalue weighted by molar-refractivity contribution is -0.874. The molecular weight excluding hydrogens is 694 g/mol. The number of methoxy groups -OCH3 is 2. The van der Waals surface area contributed by atoms with Crippen molar-refractivity contribution >= 4 is 11.8 Å². The van der Waals surface area contributed by atoms with Gasteiger partial charge in [0.15, 0.2) is 18.7 Å². The Balaban J connectivity index is 2.23. The minimum absolute atomic E-state index is 0.0507. The van der Waals surface area contributed by atoms with E-state index in [1.807, 2.05) is 0 Å². The molecule has 0 bridgehead atoms. The number of hydroxylamine groups is 3. The summed E-state index contributed by atoms with van der Waals surface area (Å²) in [6.45, 7) is 16.6. The molecule has 15 heteroatoms. The number of hydrogen-bond donors (Lipinski definition) is 4. The van der Waals surface area contributed by atoms with Crippen LogP contribution in [-0.4, -0.2) is 149 Å². The van der Waals surface area contributed by atoms with Crippen LogP contribution in [0.25, 0.3) is 0 Å². The second kappa shape index (κ2) is 17.4. The number of nitrogens with zero attached hydrogens (tertiary/aromatic N) is 1. The number of rotatable bonds is 8. The maximum absolute atomic E-state index is 14.2. The number of likely N-dealkylation sites (N-methyl/N-ethyl adjacent to an activating group) is 1. The van der Waals surface area contributed by atoms with Gasteiger partial charge in [-0.15, -0.1) is 0 Å². The van der Waals surface area contributed by atoms with Crippen molar-refractivity contribution in [3.8, 4) is 0 Å². The Kier molecular flexibility index (Phi) is 15.1. The maximum Gasteiger partial charge on any atom is 0.311 e. The van der Waals surface area contributed by atoms with Crippen molar-refractivity contribution < 1.29 is 67.8 Å². The van der Waals surface area contributed by atoms with Gasteiger partial charge in [0.2, 0.25) is 0 Å². The zero-order valence-electron chi connectivity index (χ0n) is 34.3. The van der Waals surface area contributed by atoms with Crippen LogP contribution in [0.2, 0.25) is 0 Å². The third kappa shape index (κ3) is 9.80. The standard InChI is InChI=1S/C38H69NO14/c1-15-26-38(10,45)31(42)21(4)28(40)19(2)17-37(9,48-14)33(53-35-29(41)25(39(11,12)46)16-20(3)49-35)22(5)30(23(6)34(44)51-26)52-27-18-36(8,47-13)32(43)24(7)50-27/h19-27,29-33,35,41-43,45H,15-18H2,1-14H3/t19-,20-,21-,22+,23-,24+,25+,26+,27+,29-,30-,31-,32+,33-,35+,36-,37+,38-/m1/s1. The predicted octanol–water partition coefficient (Wildman–Crippen LogP) is 2.45. The first-order valence-electron chi connectivity index (χ1n) is 19.1. The first kappa shape index (κ1) is 46.0. The third-order valence-corrected chi connectivity index (χ3v) is 12.4. The molecule has 0 saturated carbocycles. The fourth-order valence-corrected chi connectivity index (χ4v) is 8.69. The molecule has 0 spiro atoms. The van der Waals surface area contributed by atoms with Gasteiger partial charge < -0.3 is 63.4 Å². The molecule has 0 unspecified atom stereocenters. The van der Waals surface area contributed by atoms with Gasteiger partial charge >= 0.3 is 5.97 Å². The first-order valence-corrected chi connectivity index (χ1v) is 19.1. The fraction of sp³-hybridized carbons (Fsp3) is 0.947. The Bertz CT molecular complexity index is 1230. The van der Waals surface area contributed by atoms with Crippen LogP contribution >= 0.6 is 0 Å². The van der Waals surface area contributed by atoms with E-state index in [9.17, 15) is 35.2 Å². The Hall–Kier alpha value is -1.34. The van der Waals surface area contributed by atoms with Gasteiger partial charge in [-0.2, -0.15) is 0 Å². The smallest absolute Gasteiger partial charge is 0.311 e. The topological polar surface area (TPSA) is 203 Å². The molecule has 3 fully saturated rings. The summed E-state index contributed by atoms with van der Waals surface area (Å²) >= 11 is 0. The van der Waals surface area contributed by atoms with Crippen LogP contribution in [0.3, 0.4) is 0 Å². The number of cyclic esters (lactones) is 1. The molecule has 3 saturated heterocycles. The molecule has 0 amide bonds. The Labute approximate surface area is 315 Å². The van der Waals surface area contributed by atoms with Crippen LogP contribution in [0.4, 0.5) is 0 Å². The van der Waals surface area contributed by atoms with Gasteiger partial charge in [-0.05, 0) is 54.4 Å². The minimum Gasteiger partial charge on any atom is -0.633 e. The van der Waals surface area contributed by atoms with Crippen LogP contribution in [0, 0.1) is 28.9 Å². The summed E-state index contributed by atoms with van der Waals surface area (Å²) in [7, 11) is 5.84. The number of aliphatic hydroxyl groups excluding tert-OH is 3. The van der Waals surface area contributed by atoms with E-state index in [1.165, 1.54) is 42.2 Å². The van der Waals surface area contributed by atoms with Gasteiger partial charge in [-0.25, -0.2) is 0 Å². The van der Waals surface area contributed by atoms with Gasteiger partial charge in [-0.1, -0.05) is 27.7 Å². The average Bonchev–Trinajstić information content (AvgIpc) is 3.08. The summed E-state index contributed by atoms with van der Waals surface area (Å²) in [6, 6.07) is -0.788. The zero-order chi connectivity index (χ0) is 40.6. The molecule has 15 nitrogen and oxygen atoms in total. The van der Waals surface area contributed by atoms with Crippen LogP contribution < -0.4 is 0 Å². The summed E-state index contributed by atoms with van der Waals surface area (Å²) < 4.78 is 42.8. The summed E-state index contributed by atoms with van der Waals surface area (Å²) in [5, 5.41) is 58.7. The maximum atomic E-state index is 14.2. The van der Waals surface area contributed by atoms with Crippen LogP contribution in [-0.2, 0) is 42.7 Å². The number of carbonyl (C=O) groups excluding carboxylic acids is 2. The highest BCUT2D eigenvalue weighted by Gasteiger charge is 2.54. The number of hydrogen-bond acceptors (Lipinski definition) is 14. The highest BCUT2D eigenvalue weighted by atomic mass is 16.7. The predicted molar refractivity (Wildman–Crippen MR) is 193 cm³/mol. The Morgan fingerprint density at radius 1 is 0.868 bits per heavy atom. The quantitative estimate of drug-likeness (QED) is 0.160. The van der Waals surface area contributed by atoms with Crippen LogP contribution in [0.15, 0.2) is 0 Å². The SMILES string of the molecule is CC[C@@H]1OC(=O)[C@H](C)[C@H](O[C@H]2C[C@@](C)(OC)[C@@H](O)[C@H](C)O2)[C@H](C)[C@@H](O[C@@H]2O[C@H](C)C[C@H]([N+](C)(C)[O-])[C@H]2O)[C@@](C)(OC)C[C@@H](C)C(=O)[C@@H](C)[C@@H](O)[C@]1(C)O. The molecule has 3 aliphatic heterocycles. The average molecular weight is 764 g/mol. The van der Waals surface area contributed by atoms with Crippen LogP contribution in [0.5, 0.6) is 0 Å². The van der Waals surface area contributed by atoms with Crippen molar-refractivity contribution in [1.82, 2.24) is 0 Å². The number of Topliss-reactive ketones (excluding diaryl/α,β-unsaturated/α-hetero) is 1. The number of carbonyl (C=O) groups is 2. The van der Waals surface area contributed by atoms with E-state index in [0.717, 1.165) is 0 Å². The number of ketones is 1. The monoisotopic (exact) mass is 763 g/mol. The number of ether oxygens (including phenoxy) is 7. The summed E-state index contributed by atoms with van der Waals surface area (Å²) in [4.78, 5) is 28.2. The van der Waals surface area contributed by atoms with E-state index in [1.54, 1.807) is 55.4 Å². The molecule has 0 radical (unpaired) electrons. The molecule has 0 aromatic carbocycles. The Morgan fingerprint density at radius 2 is 1.45 bits per heavy atom. The Morgan fingerprint density at radius 3 is 1.98 bits per heavy atom. The first-order chi connectivity index (χ1) is 24.3. The zero-order valence-corrected chi connectivity index (χ0v) is 34.3. The van der Waals surface area contributed by atoms with Gasteiger partial charge in [-0.3, -0.25) is 9.59 Å². The van der Waals surface area contributed by atoms with E-state index in [4.69, 9.17) is 33.2 Å². The van der Waals surface area contributed by atoms with E-state index >= 15 is 0 Å². The van der Waals surface area contributed by atoms with Crippen molar-refractivity contribution in [2.24, 2.45) is 23.7 Å². The van der Waals surface area contributed by atoms with Crippen molar-refractivity contribution in [3.05, 3.63) is 5.21 Å². The largest absolute Gasteiger partial charge is 0.633 e. The number of aliphatic hydroxyl groups is 4. The van der Waals surface area contributed by atoms with Gasteiger partial charge in [0.05, 0.1) is 61.7 Å². The van der Waals surface area contributed by atoms with Crippen molar-refractivity contribution in [3.63, 3.8) is 0 Å². The minimum atomic E-state index is -1.99. The lowest BCUT2D eigenvalue weighted by Gasteiger charge is -2.51. The second-order valence-electron chi connectivity index (χ2n) is 17.1. The summed E-state index contributed by atoms with van der Waals surface area (Å²) in [5.41, 5.74) is -4.38. The molecule has 4 N–H and O–H groups in total. The van der Waals surface area contributed by atoms with E-state index in [2.05, 4.69) is 0 Å². The second-order valence-corrected chi connectivity index (χ2v) is 17.1. The van der Waals surface area contributed by atoms with Gasteiger partial charge in [0.1, 0.15) is 29.6 Å². The van der Waals surface area contributed by atoms with E-state index < -0.39 is 119 Å². The van der Waals surface area contributed by atoms with Crippen molar-refractivity contribution in [2.45, 2.75) is 179 Å². The fourth-order valence-electron chi connectivity index (χ4n) is 8.69. The highest BCUT2D eigenvalue weighted by Crippen LogP contribution is 2.42. The van der Waals surface area contributed by atoms with Gasteiger partial charge in [0.25, 0.3) is 0 Å². The molecule has 18 atom stereocenters. The highest BCUT2D eigenvalue weighted by molar-refractivity contribution is 5.83. The number of quaternary nitrogens is 1. The molecule has 310 valence electrons. The molecule has 53 heavy (non-hydrogen) atoms. The third-order valence-electron chi connectivity index (χ3n) is 12.4. The van der Waals surface area contributed by atoms with E-state index in [0.29, 0.717) is 0 Å². The molecule has 3 heterocycles. The molecule has 3 aliphatic rings.